The van der Waals surface area contributed by atoms with Crippen molar-refractivity contribution in [1.29, 1.82) is 0 Å². The Labute approximate surface area is 147 Å². The van der Waals surface area contributed by atoms with Gasteiger partial charge in [-0.2, -0.15) is 0 Å². The van der Waals surface area contributed by atoms with Crippen LogP contribution >= 0.6 is 11.3 Å². The van der Waals surface area contributed by atoms with Gasteiger partial charge in [-0.15, -0.1) is 11.3 Å². The molecule has 4 rings (SSSR count). The molecule has 0 bridgehead atoms. The predicted molar refractivity (Wildman–Crippen MR) is 98.5 cm³/mol. The van der Waals surface area contributed by atoms with Crippen molar-refractivity contribution in [2.24, 2.45) is 0 Å². The van der Waals surface area contributed by atoms with Gasteiger partial charge in [0, 0.05) is 15.6 Å². The van der Waals surface area contributed by atoms with Gasteiger partial charge in [0.05, 0.1) is 17.3 Å². The predicted octanol–water partition coefficient (Wildman–Crippen LogP) is 3.09. The zero-order valence-electron chi connectivity index (χ0n) is 13.3. The number of fused-ring (bicyclic) bond motifs is 3. The van der Waals surface area contributed by atoms with Crippen molar-refractivity contribution >= 4 is 37.5 Å². The molecule has 2 heterocycles. The number of nitrogens with zero attached hydrogens (tertiary/aromatic N) is 2. The van der Waals surface area contributed by atoms with Crippen LogP contribution < -0.4 is 10.5 Å². The van der Waals surface area contributed by atoms with Crippen LogP contribution in [0.5, 0.6) is 5.75 Å². The van der Waals surface area contributed by atoms with Gasteiger partial charge in [-0.1, -0.05) is 12.1 Å². The number of anilines is 1. The molecule has 6 nitrogen and oxygen atoms in total. The van der Waals surface area contributed by atoms with E-state index in [-0.39, 0.29) is 0 Å². The summed E-state index contributed by atoms with van der Waals surface area (Å²) in [4.78, 5) is 8.37. The highest BCUT2D eigenvalue weighted by Crippen LogP contribution is 2.38. The highest BCUT2D eigenvalue weighted by Gasteiger charge is 2.12. The molecule has 0 aliphatic carbocycles. The van der Waals surface area contributed by atoms with Gasteiger partial charge in [0.25, 0.3) is 0 Å². The Balaban J connectivity index is 1.91. The normalized spacial score (nSPS) is 11.5. The maximum absolute atomic E-state index is 9.49. The molecule has 4 aromatic rings. The van der Waals surface area contributed by atoms with Crippen molar-refractivity contribution in [3.05, 3.63) is 48.3 Å². The molecular weight excluding hydrogens is 338 g/mol. The standard InChI is InChI=1S/C18H15N3O3S/c1-24-12-5-10(4-11(6-12)18(22)23)9-2-3-13-14(7-9)25-16-15(13)20-8-21-17(16)19/h2-8,18,22-23H,1H3,(H2,19,20,21). The van der Waals surface area contributed by atoms with E-state index in [4.69, 9.17) is 10.5 Å². The van der Waals surface area contributed by atoms with Gasteiger partial charge in [0.15, 0.2) is 6.29 Å². The van der Waals surface area contributed by atoms with Gasteiger partial charge in [0.2, 0.25) is 0 Å². The summed E-state index contributed by atoms with van der Waals surface area (Å²) in [5, 5.41) is 20.0. The Morgan fingerprint density at radius 3 is 2.68 bits per heavy atom. The fraction of sp³-hybridized carbons (Fsp3) is 0.111. The maximum atomic E-state index is 9.49. The summed E-state index contributed by atoms with van der Waals surface area (Å²) in [6.07, 6.45) is -0.0914. The van der Waals surface area contributed by atoms with Gasteiger partial charge in [-0.25, -0.2) is 9.97 Å². The second kappa shape index (κ2) is 5.96. The molecule has 0 spiro atoms. The quantitative estimate of drug-likeness (QED) is 0.489. The summed E-state index contributed by atoms with van der Waals surface area (Å²) >= 11 is 1.54. The lowest BCUT2D eigenvalue weighted by Gasteiger charge is -2.11. The Hall–Kier alpha value is -2.74. The summed E-state index contributed by atoms with van der Waals surface area (Å²) in [7, 11) is 1.54. The van der Waals surface area contributed by atoms with Crippen LogP contribution in [0.15, 0.2) is 42.7 Å². The second-order valence-corrected chi connectivity index (χ2v) is 6.67. The number of hydrogen-bond donors (Lipinski definition) is 3. The van der Waals surface area contributed by atoms with Crippen molar-refractivity contribution in [3.63, 3.8) is 0 Å². The van der Waals surface area contributed by atoms with Crippen LogP contribution in [0.25, 0.3) is 31.4 Å². The zero-order valence-corrected chi connectivity index (χ0v) is 14.1. The number of methoxy groups -OCH3 is 1. The Kier molecular flexibility index (Phi) is 3.76. The summed E-state index contributed by atoms with van der Waals surface area (Å²) in [5.41, 5.74) is 8.94. The molecule has 0 aliphatic heterocycles. The summed E-state index contributed by atoms with van der Waals surface area (Å²) in [5.74, 6) is 1.03. The Morgan fingerprint density at radius 2 is 1.92 bits per heavy atom. The van der Waals surface area contributed by atoms with E-state index < -0.39 is 6.29 Å². The minimum atomic E-state index is -1.56. The molecular formula is C18H15N3O3S. The summed E-state index contributed by atoms with van der Waals surface area (Å²) < 4.78 is 7.17. The Bertz CT molecular complexity index is 1090. The minimum absolute atomic E-state index is 0.376. The molecule has 0 saturated heterocycles. The number of aliphatic hydroxyl groups excluding tert-OH is 1. The van der Waals surface area contributed by atoms with E-state index in [2.05, 4.69) is 9.97 Å². The summed E-state index contributed by atoms with van der Waals surface area (Å²) in [6.45, 7) is 0. The van der Waals surface area contributed by atoms with E-state index in [9.17, 15) is 10.2 Å². The van der Waals surface area contributed by atoms with E-state index in [1.165, 1.54) is 17.7 Å². The number of aromatic nitrogens is 2. The molecule has 0 atom stereocenters. The average Bonchev–Trinajstić information content (AvgIpc) is 3.00. The number of benzene rings is 2. The average molecular weight is 353 g/mol. The third-order valence-corrected chi connectivity index (χ3v) is 5.24. The third-order valence-electron chi connectivity index (χ3n) is 4.08. The van der Waals surface area contributed by atoms with Gasteiger partial charge in [-0.3, -0.25) is 0 Å². The van der Waals surface area contributed by atoms with Gasteiger partial charge < -0.3 is 20.7 Å². The highest BCUT2D eigenvalue weighted by atomic mass is 32.1. The van der Waals surface area contributed by atoms with Crippen LogP contribution in [0.1, 0.15) is 11.9 Å². The van der Waals surface area contributed by atoms with E-state index in [0.717, 1.165) is 31.4 Å². The van der Waals surface area contributed by atoms with Crippen molar-refractivity contribution in [1.82, 2.24) is 9.97 Å². The first-order chi connectivity index (χ1) is 12.1. The highest BCUT2D eigenvalue weighted by molar-refractivity contribution is 7.26. The van der Waals surface area contributed by atoms with E-state index in [1.54, 1.807) is 19.2 Å². The topological polar surface area (TPSA) is 101 Å². The number of nitrogen functional groups attached to an aromatic ring is 1. The lowest BCUT2D eigenvalue weighted by molar-refractivity contribution is -0.0425. The van der Waals surface area contributed by atoms with Crippen LogP contribution in [0.4, 0.5) is 5.82 Å². The molecule has 126 valence electrons. The number of ether oxygens (including phenoxy) is 1. The SMILES string of the molecule is COc1cc(-c2ccc3c(c2)sc2c(N)ncnc23)cc(C(O)O)c1. The largest absolute Gasteiger partial charge is 0.497 e. The van der Waals surface area contributed by atoms with E-state index in [1.807, 2.05) is 24.3 Å². The number of hydrogen-bond acceptors (Lipinski definition) is 7. The number of nitrogens with two attached hydrogens (primary N) is 1. The molecule has 7 heteroatoms. The molecule has 2 aromatic carbocycles. The second-order valence-electron chi connectivity index (χ2n) is 5.62. The maximum Gasteiger partial charge on any atom is 0.178 e. The minimum Gasteiger partial charge on any atom is -0.497 e. The van der Waals surface area contributed by atoms with Crippen molar-refractivity contribution in [3.8, 4) is 16.9 Å². The van der Waals surface area contributed by atoms with Crippen molar-refractivity contribution in [2.75, 3.05) is 12.8 Å². The van der Waals surface area contributed by atoms with Crippen LogP contribution in [0.2, 0.25) is 0 Å². The fourth-order valence-electron chi connectivity index (χ4n) is 2.83. The number of aliphatic hydroxyl groups is 2. The van der Waals surface area contributed by atoms with Gasteiger partial charge >= 0.3 is 0 Å². The molecule has 0 unspecified atom stereocenters. The molecule has 0 aliphatic rings. The van der Waals surface area contributed by atoms with Crippen molar-refractivity contribution in [2.45, 2.75) is 6.29 Å². The first-order valence-corrected chi connectivity index (χ1v) is 8.36. The molecule has 0 saturated carbocycles. The van der Waals surface area contributed by atoms with E-state index >= 15 is 0 Å². The lowest BCUT2D eigenvalue weighted by atomic mass is 10.0. The zero-order chi connectivity index (χ0) is 17.6. The fourth-order valence-corrected chi connectivity index (χ4v) is 3.92. The molecule has 2 aromatic heterocycles. The molecule has 25 heavy (non-hydrogen) atoms. The van der Waals surface area contributed by atoms with Crippen molar-refractivity contribution < 1.29 is 14.9 Å². The van der Waals surface area contributed by atoms with Crippen LogP contribution in [0.3, 0.4) is 0 Å². The molecule has 0 fully saturated rings. The number of thiophene rings is 1. The third kappa shape index (κ3) is 2.68. The van der Waals surface area contributed by atoms with Gasteiger partial charge in [-0.05, 0) is 35.4 Å². The first-order valence-electron chi connectivity index (χ1n) is 7.55. The van der Waals surface area contributed by atoms with Crippen LogP contribution in [-0.2, 0) is 0 Å². The smallest absolute Gasteiger partial charge is 0.178 e. The molecule has 4 N–H and O–H groups in total. The van der Waals surface area contributed by atoms with Crippen LogP contribution in [-0.4, -0.2) is 27.3 Å². The summed E-state index contributed by atoms with van der Waals surface area (Å²) in [6, 6.07) is 11.2. The Morgan fingerprint density at radius 1 is 1.08 bits per heavy atom. The monoisotopic (exact) mass is 353 g/mol. The molecule has 0 radical (unpaired) electrons. The van der Waals surface area contributed by atoms with Gasteiger partial charge in [0.1, 0.15) is 17.9 Å². The van der Waals surface area contributed by atoms with Crippen LogP contribution in [0, 0.1) is 0 Å². The lowest BCUT2D eigenvalue weighted by Crippen LogP contribution is -1.96. The van der Waals surface area contributed by atoms with E-state index in [0.29, 0.717) is 17.1 Å². The number of rotatable bonds is 3. The molecule has 0 amide bonds. The first kappa shape index (κ1) is 15.8.